The highest BCUT2D eigenvalue weighted by Gasteiger charge is 2.13. The fourth-order valence-electron chi connectivity index (χ4n) is 0.842. The van der Waals surface area contributed by atoms with Crippen LogP contribution in [0.5, 0.6) is 0 Å². The normalized spacial score (nSPS) is 10.4. The van der Waals surface area contributed by atoms with Crippen molar-refractivity contribution in [2.45, 2.75) is 20.0 Å². The molecule has 1 aromatic rings. The van der Waals surface area contributed by atoms with E-state index in [1.54, 1.807) is 18.8 Å². The zero-order valence-corrected chi connectivity index (χ0v) is 8.11. The van der Waals surface area contributed by atoms with Crippen molar-refractivity contribution in [1.29, 1.82) is 0 Å². The summed E-state index contributed by atoms with van der Waals surface area (Å²) in [7, 11) is 0. The van der Waals surface area contributed by atoms with Crippen LogP contribution in [0.3, 0.4) is 0 Å². The molecule has 0 unspecified atom stereocenters. The van der Waals surface area contributed by atoms with Crippen molar-refractivity contribution in [3.05, 3.63) is 32.9 Å². The topological polar surface area (TPSA) is 81.2 Å². The largest absolute Gasteiger partial charge is 0.446 e. The van der Waals surface area contributed by atoms with Gasteiger partial charge in [-0.15, -0.1) is 0 Å². The third-order valence-electron chi connectivity index (χ3n) is 1.43. The second kappa shape index (κ2) is 4.07. The molecule has 1 aromatic heterocycles. The molecule has 0 atom stereocenters. The molecule has 15 heavy (non-hydrogen) atoms. The quantitative estimate of drug-likeness (QED) is 0.720. The molecule has 1 heterocycles. The molecule has 0 radical (unpaired) electrons. The van der Waals surface area contributed by atoms with E-state index < -0.39 is 29.3 Å². The average Bonchev–Trinajstić information content (AvgIpc) is 2.09. The molecule has 0 saturated heterocycles. The lowest BCUT2D eigenvalue weighted by Crippen LogP contribution is -2.36. The molecule has 0 saturated carbocycles. The number of H-pyrrole nitrogens is 1. The number of nitrogens with zero attached hydrogens (tertiary/aromatic N) is 1. The third-order valence-corrected chi connectivity index (χ3v) is 1.43. The maximum absolute atomic E-state index is 12.7. The van der Waals surface area contributed by atoms with E-state index in [4.69, 9.17) is 0 Å². The highest BCUT2D eigenvalue weighted by molar-refractivity contribution is 5.70. The molecular formula is C8H9FN2O4. The summed E-state index contributed by atoms with van der Waals surface area (Å²) in [6.07, 6.45) is -0.990. The van der Waals surface area contributed by atoms with E-state index in [2.05, 4.69) is 4.74 Å². The number of ether oxygens (including phenoxy) is 1. The van der Waals surface area contributed by atoms with E-state index in [-0.39, 0.29) is 0 Å². The third kappa shape index (κ3) is 2.52. The van der Waals surface area contributed by atoms with Gasteiger partial charge in [-0.05, 0) is 13.8 Å². The van der Waals surface area contributed by atoms with Crippen LogP contribution in [0.1, 0.15) is 13.8 Å². The summed E-state index contributed by atoms with van der Waals surface area (Å²) in [4.78, 5) is 34.5. The van der Waals surface area contributed by atoms with Crippen molar-refractivity contribution in [3.8, 4) is 0 Å². The summed E-state index contributed by atoms with van der Waals surface area (Å²) >= 11 is 0. The Morgan fingerprint density at radius 2 is 2.13 bits per heavy atom. The number of rotatable bonds is 1. The van der Waals surface area contributed by atoms with Crippen molar-refractivity contribution in [1.82, 2.24) is 9.55 Å². The van der Waals surface area contributed by atoms with Gasteiger partial charge in [-0.2, -0.15) is 4.39 Å². The van der Waals surface area contributed by atoms with Crippen LogP contribution >= 0.6 is 0 Å². The second-order valence-corrected chi connectivity index (χ2v) is 3.04. The van der Waals surface area contributed by atoms with Gasteiger partial charge in [0.1, 0.15) is 0 Å². The van der Waals surface area contributed by atoms with Gasteiger partial charge in [0.15, 0.2) is 0 Å². The summed E-state index contributed by atoms with van der Waals surface area (Å²) in [5.74, 6) is -1.23. The van der Waals surface area contributed by atoms with Gasteiger partial charge in [-0.25, -0.2) is 14.2 Å². The number of carbonyl (C=O) groups excluding carboxylic acids is 1. The first-order chi connectivity index (χ1) is 6.91. The van der Waals surface area contributed by atoms with Gasteiger partial charge < -0.3 is 4.74 Å². The van der Waals surface area contributed by atoms with Crippen LogP contribution < -0.4 is 11.2 Å². The number of aromatic nitrogens is 2. The molecule has 7 heteroatoms. The van der Waals surface area contributed by atoms with Crippen molar-refractivity contribution in [2.75, 3.05) is 0 Å². The molecule has 6 nitrogen and oxygen atoms in total. The fraction of sp³-hybridized carbons (Fsp3) is 0.375. The van der Waals surface area contributed by atoms with Crippen LogP contribution in [0.15, 0.2) is 15.8 Å². The van der Waals surface area contributed by atoms with Gasteiger partial charge in [0.25, 0.3) is 5.56 Å². The van der Waals surface area contributed by atoms with Gasteiger partial charge in [-0.3, -0.25) is 9.78 Å². The Morgan fingerprint density at radius 1 is 1.53 bits per heavy atom. The predicted molar refractivity (Wildman–Crippen MR) is 48.3 cm³/mol. The number of carbonyl (C=O) groups is 1. The van der Waals surface area contributed by atoms with Gasteiger partial charge in [-0.1, -0.05) is 0 Å². The molecule has 0 bridgehead atoms. The predicted octanol–water partition coefficient (Wildman–Crippen LogP) is 0.0688. The minimum Gasteiger partial charge on any atom is -0.446 e. The number of hydrogen-bond acceptors (Lipinski definition) is 4. The molecule has 0 aromatic carbocycles. The van der Waals surface area contributed by atoms with Crippen LogP contribution in [0.25, 0.3) is 0 Å². The Balaban J connectivity index is 3.16. The summed E-state index contributed by atoms with van der Waals surface area (Å²) in [5, 5.41) is 0. The Kier molecular flexibility index (Phi) is 3.03. The van der Waals surface area contributed by atoms with Crippen molar-refractivity contribution >= 4 is 6.09 Å². The lowest BCUT2D eigenvalue weighted by molar-refractivity contribution is 0.115. The van der Waals surface area contributed by atoms with Crippen LogP contribution in [0, 0.1) is 5.82 Å². The van der Waals surface area contributed by atoms with Crippen molar-refractivity contribution < 1.29 is 13.9 Å². The first-order valence-electron chi connectivity index (χ1n) is 4.14. The Morgan fingerprint density at radius 3 is 2.67 bits per heavy atom. The average molecular weight is 216 g/mol. The first kappa shape index (κ1) is 11.2. The van der Waals surface area contributed by atoms with Crippen molar-refractivity contribution in [2.24, 2.45) is 0 Å². The van der Waals surface area contributed by atoms with Crippen molar-refractivity contribution in [3.63, 3.8) is 0 Å². The van der Waals surface area contributed by atoms with E-state index in [1.165, 1.54) is 0 Å². The van der Waals surface area contributed by atoms with Crippen LogP contribution in [-0.2, 0) is 4.74 Å². The summed E-state index contributed by atoms with van der Waals surface area (Å²) in [6, 6.07) is 0. The van der Waals surface area contributed by atoms with E-state index in [1.807, 2.05) is 0 Å². The SMILES string of the molecule is CC(C)OC(=O)n1cc(F)c(=O)[nH]c1=O. The van der Waals surface area contributed by atoms with E-state index in [0.29, 0.717) is 10.8 Å². The molecule has 82 valence electrons. The molecule has 1 rings (SSSR count). The lowest BCUT2D eigenvalue weighted by atomic mass is 10.5. The molecule has 0 amide bonds. The molecule has 0 aliphatic rings. The maximum Gasteiger partial charge on any atom is 0.422 e. The van der Waals surface area contributed by atoms with E-state index in [9.17, 15) is 18.8 Å². The first-order valence-corrected chi connectivity index (χ1v) is 4.14. The van der Waals surface area contributed by atoms with Crippen LogP contribution in [0.2, 0.25) is 0 Å². The number of halogens is 1. The molecule has 0 aliphatic carbocycles. The zero-order chi connectivity index (χ0) is 11.6. The lowest BCUT2D eigenvalue weighted by Gasteiger charge is -2.08. The van der Waals surface area contributed by atoms with E-state index >= 15 is 0 Å². The summed E-state index contributed by atoms with van der Waals surface area (Å²) in [5.41, 5.74) is -2.21. The molecular weight excluding hydrogens is 207 g/mol. The molecule has 0 fully saturated rings. The highest BCUT2D eigenvalue weighted by Crippen LogP contribution is 1.92. The number of nitrogens with one attached hydrogen (secondary N) is 1. The fourth-order valence-corrected chi connectivity index (χ4v) is 0.842. The van der Waals surface area contributed by atoms with Crippen LogP contribution in [-0.4, -0.2) is 21.7 Å². The number of hydrogen-bond donors (Lipinski definition) is 1. The minimum atomic E-state index is -1.23. The molecule has 0 spiro atoms. The molecule has 0 aliphatic heterocycles. The monoisotopic (exact) mass is 216 g/mol. The maximum atomic E-state index is 12.7. The minimum absolute atomic E-state index is 0.358. The zero-order valence-electron chi connectivity index (χ0n) is 8.11. The Labute approximate surface area is 83.3 Å². The summed E-state index contributed by atoms with van der Waals surface area (Å²) in [6.45, 7) is 3.15. The van der Waals surface area contributed by atoms with Gasteiger partial charge in [0, 0.05) is 0 Å². The Hall–Kier alpha value is -1.92. The highest BCUT2D eigenvalue weighted by atomic mass is 19.1. The van der Waals surface area contributed by atoms with Gasteiger partial charge >= 0.3 is 11.8 Å². The Bertz CT molecular complexity index is 488. The summed E-state index contributed by atoms with van der Waals surface area (Å²) < 4.78 is 17.8. The van der Waals surface area contributed by atoms with E-state index in [0.717, 1.165) is 0 Å². The molecule has 1 N–H and O–H groups in total. The smallest absolute Gasteiger partial charge is 0.422 e. The van der Waals surface area contributed by atoms with Gasteiger partial charge in [0.2, 0.25) is 5.82 Å². The standard InChI is InChI=1S/C8H9FN2O4/c1-4(2)15-8(14)11-3-5(9)6(12)10-7(11)13/h3-4H,1-2H3,(H,10,12,13). The van der Waals surface area contributed by atoms with Crippen LogP contribution in [0.4, 0.5) is 9.18 Å². The van der Waals surface area contributed by atoms with Gasteiger partial charge in [0.05, 0.1) is 12.3 Å². The second-order valence-electron chi connectivity index (χ2n) is 3.04. The number of aromatic amines is 1.